The number of hydrogen-bond acceptors (Lipinski definition) is 3. The van der Waals surface area contributed by atoms with E-state index >= 15 is 0 Å². The van der Waals surface area contributed by atoms with Crippen molar-refractivity contribution in [1.82, 2.24) is 10.2 Å². The average Bonchev–Trinajstić information content (AvgIpc) is 3.04. The van der Waals surface area contributed by atoms with Crippen molar-refractivity contribution < 1.29 is 9.90 Å². The maximum Gasteiger partial charge on any atom is 0.335 e. The number of carbonyl (C=O) groups is 1. The van der Waals surface area contributed by atoms with Gasteiger partial charge in [0.15, 0.2) is 0 Å². The number of nitrogens with zero attached hydrogens (tertiary/aromatic N) is 2. The minimum Gasteiger partial charge on any atom is -0.478 e. The van der Waals surface area contributed by atoms with Gasteiger partial charge in [0.1, 0.15) is 0 Å². The molecular formula is C25H28N2O2. The SMILES string of the molecule is Cc1cc(C2=CC[C@H]3[C@@H]4CCc5cc(C(=O)O)cc(C)c5[C@H]4CC[C@]23C)cnn1. The van der Waals surface area contributed by atoms with Crippen LogP contribution in [0.5, 0.6) is 0 Å². The lowest BCUT2D eigenvalue weighted by molar-refractivity contribution is 0.0695. The van der Waals surface area contributed by atoms with Gasteiger partial charge in [-0.3, -0.25) is 0 Å². The first-order chi connectivity index (χ1) is 13.9. The molecular weight excluding hydrogens is 360 g/mol. The lowest BCUT2D eigenvalue weighted by Crippen LogP contribution is -2.41. The summed E-state index contributed by atoms with van der Waals surface area (Å²) < 4.78 is 0. The Labute approximate surface area is 172 Å². The molecule has 0 aliphatic heterocycles. The number of carboxylic acid groups (broad SMARTS) is 1. The molecule has 3 aliphatic carbocycles. The predicted octanol–water partition coefficient (Wildman–Crippen LogP) is 5.34. The van der Waals surface area contributed by atoms with Crippen LogP contribution in [0.25, 0.3) is 5.57 Å². The highest BCUT2D eigenvalue weighted by atomic mass is 16.4. The van der Waals surface area contributed by atoms with Crippen molar-refractivity contribution in [3.63, 3.8) is 0 Å². The van der Waals surface area contributed by atoms with Crippen LogP contribution in [0.15, 0.2) is 30.5 Å². The molecule has 1 aromatic heterocycles. The van der Waals surface area contributed by atoms with Gasteiger partial charge in [-0.1, -0.05) is 13.0 Å². The zero-order valence-electron chi connectivity index (χ0n) is 17.4. The number of fused-ring (bicyclic) bond motifs is 5. The van der Waals surface area contributed by atoms with Crippen LogP contribution >= 0.6 is 0 Å². The molecule has 2 aromatic rings. The van der Waals surface area contributed by atoms with E-state index in [0.717, 1.165) is 25.0 Å². The first kappa shape index (κ1) is 18.5. The first-order valence-corrected chi connectivity index (χ1v) is 10.8. The zero-order valence-corrected chi connectivity index (χ0v) is 17.4. The molecule has 0 bridgehead atoms. The van der Waals surface area contributed by atoms with Crippen LogP contribution in [0.3, 0.4) is 0 Å². The molecule has 0 unspecified atom stereocenters. The van der Waals surface area contributed by atoms with Gasteiger partial charge in [0.25, 0.3) is 0 Å². The summed E-state index contributed by atoms with van der Waals surface area (Å²) in [6, 6.07) is 5.98. The topological polar surface area (TPSA) is 63.1 Å². The highest BCUT2D eigenvalue weighted by Crippen LogP contribution is 2.63. The van der Waals surface area contributed by atoms with Gasteiger partial charge < -0.3 is 5.11 Å². The molecule has 150 valence electrons. The van der Waals surface area contributed by atoms with E-state index in [2.05, 4.69) is 36.2 Å². The van der Waals surface area contributed by atoms with Crippen LogP contribution in [-0.2, 0) is 6.42 Å². The van der Waals surface area contributed by atoms with E-state index < -0.39 is 5.97 Å². The van der Waals surface area contributed by atoms with Crippen molar-refractivity contribution in [3.05, 3.63) is 64.0 Å². The Bertz CT molecular complexity index is 1040. The number of aryl methyl sites for hydroxylation is 3. The number of carboxylic acids is 1. The van der Waals surface area contributed by atoms with Gasteiger partial charge in [0.2, 0.25) is 0 Å². The van der Waals surface area contributed by atoms with Gasteiger partial charge >= 0.3 is 5.97 Å². The predicted molar refractivity (Wildman–Crippen MR) is 113 cm³/mol. The largest absolute Gasteiger partial charge is 0.478 e. The van der Waals surface area contributed by atoms with Crippen molar-refractivity contribution in [1.29, 1.82) is 0 Å². The smallest absolute Gasteiger partial charge is 0.335 e. The minimum atomic E-state index is -0.819. The summed E-state index contributed by atoms with van der Waals surface area (Å²) in [7, 11) is 0. The third kappa shape index (κ3) is 2.76. The number of allylic oxidation sites excluding steroid dienone is 2. The second-order valence-corrected chi connectivity index (χ2v) is 9.48. The summed E-state index contributed by atoms with van der Waals surface area (Å²) >= 11 is 0. The van der Waals surface area contributed by atoms with Gasteiger partial charge in [0, 0.05) is 0 Å². The molecule has 4 nitrogen and oxygen atoms in total. The second-order valence-electron chi connectivity index (χ2n) is 9.48. The molecule has 1 aromatic carbocycles. The normalized spacial score (nSPS) is 30.2. The summed E-state index contributed by atoms with van der Waals surface area (Å²) in [6.45, 7) is 6.57. The number of aromatic carboxylic acids is 1. The molecule has 1 saturated carbocycles. The van der Waals surface area contributed by atoms with Crippen LogP contribution in [0, 0.1) is 31.1 Å². The Hall–Kier alpha value is -2.49. The van der Waals surface area contributed by atoms with E-state index in [1.165, 1.54) is 40.7 Å². The molecule has 5 rings (SSSR count). The molecule has 3 aliphatic rings. The van der Waals surface area contributed by atoms with E-state index in [4.69, 9.17) is 0 Å². The van der Waals surface area contributed by atoms with Gasteiger partial charge in [-0.2, -0.15) is 10.2 Å². The van der Waals surface area contributed by atoms with Gasteiger partial charge in [0.05, 0.1) is 17.5 Å². The third-order valence-electron chi connectivity index (χ3n) is 7.94. The molecule has 0 radical (unpaired) electrons. The molecule has 1 fully saturated rings. The lowest BCUT2D eigenvalue weighted by atomic mass is 9.53. The van der Waals surface area contributed by atoms with E-state index in [0.29, 0.717) is 23.3 Å². The third-order valence-corrected chi connectivity index (χ3v) is 7.94. The van der Waals surface area contributed by atoms with Crippen molar-refractivity contribution in [3.8, 4) is 0 Å². The Balaban J connectivity index is 1.50. The van der Waals surface area contributed by atoms with E-state index in [9.17, 15) is 9.90 Å². The molecule has 0 amide bonds. The van der Waals surface area contributed by atoms with Crippen molar-refractivity contribution >= 4 is 11.5 Å². The van der Waals surface area contributed by atoms with Crippen molar-refractivity contribution in [2.24, 2.45) is 17.3 Å². The fourth-order valence-corrected chi connectivity index (χ4v) is 6.74. The first-order valence-electron chi connectivity index (χ1n) is 10.8. The minimum absolute atomic E-state index is 0.197. The Kier molecular flexibility index (Phi) is 4.16. The molecule has 1 heterocycles. The summed E-state index contributed by atoms with van der Waals surface area (Å²) in [5.41, 5.74) is 8.19. The quantitative estimate of drug-likeness (QED) is 0.754. The Morgan fingerprint density at radius 1 is 1.21 bits per heavy atom. The summed E-state index contributed by atoms with van der Waals surface area (Å²) in [5.74, 6) is 1.06. The standard InChI is InChI=1S/C25H28N2O2/c1-14-10-17(24(28)29)12-16-4-5-19-20(23(14)16)8-9-25(3)21(6-7-22(19)25)18-11-15(2)27-26-13-18/h6,10-13,19-20,22H,4-5,7-9H2,1-3H3,(H,28,29)/t19-,20+,22+,25-/m1/s1. The van der Waals surface area contributed by atoms with Crippen LogP contribution in [0.4, 0.5) is 0 Å². The highest BCUT2D eigenvalue weighted by molar-refractivity contribution is 5.88. The van der Waals surface area contributed by atoms with E-state index in [1.54, 1.807) is 0 Å². The maximum atomic E-state index is 11.5. The highest BCUT2D eigenvalue weighted by Gasteiger charge is 2.52. The van der Waals surface area contributed by atoms with Gasteiger partial charge in [-0.05, 0) is 115 Å². The van der Waals surface area contributed by atoms with Crippen molar-refractivity contribution in [2.75, 3.05) is 0 Å². The number of benzene rings is 1. The molecule has 4 atom stereocenters. The fraction of sp³-hybridized carbons (Fsp3) is 0.480. The fourth-order valence-electron chi connectivity index (χ4n) is 6.74. The monoisotopic (exact) mass is 388 g/mol. The Morgan fingerprint density at radius 2 is 2.03 bits per heavy atom. The van der Waals surface area contributed by atoms with E-state index in [-0.39, 0.29) is 5.41 Å². The molecule has 4 heteroatoms. The van der Waals surface area contributed by atoms with Gasteiger partial charge in [-0.25, -0.2) is 4.79 Å². The van der Waals surface area contributed by atoms with Crippen LogP contribution in [0.1, 0.15) is 76.8 Å². The Morgan fingerprint density at radius 3 is 2.79 bits per heavy atom. The van der Waals surface area contributed by atoms with Crippen molar-refractivity contribution in [2.45, 2.75) is 58.8 Å². The lowest BCUT2D eigenvalue weighted by Gasteiger charge is -2.50. The second kappa shape index (κ2) is 6.51. The van der Waals surface area contributed by atoms with Gasteiger partial charge in [-0.15, -0.1) is 0 Å². The van der Waals surface area contributed by atoms with E-state index in [1.807, 2.05) is 25.3 Å². The van der Waals surface area contributed by atoms with Crippen LogP contribution in [-0.4, -0.2) is 21.3 Å². The number of hydrogen-bond donors (Lipinski definition) is 1. The number of rotatable bonds is 2. The summed E-state index contributed by atoms with van der Waals surface area (Å²) in [5, 5.41) is 17.8. The number of aromatic nitrogens is 2. The van der Waals surface area contributed by atoms with Crippen LogP contribution in [0.2, 0.25) is 0 Å². The molecule has 1 N–H and O–H groups in total. The maximum absolute atomic E-state index is 11.5. The zero-order chi connectivity index (χ0) is 20.3. The van der Waals surface area contributed by atoms with Crippen LogP contribution < -0.4 is 0 Å². The molecule has 29 heavy (non-hydrogen) atoms. The summed E-state index contributed by atoms with van der Waals surface area (Å²) in [4.78, 5) is 11.5. The molecule has 0 saturated heterocycles. The average molecular weight is 389 g/mol. The molecule has 0 spiro atoms. The summed E-state index contributed by atoms with van der Waals surface area (Å²) in [6.07, 6.45) is 10.0.